The van der Waals surface area contributed by atoms with Gasteiger partial charge in [0.1, 0.15) is 0 Å². The molecule has 0 radical (unpaired) electrons. The van der Waals surface area contributed by atoms with Crippen molar-refractivity contribution in [1.82, 2.24) is 9.78 Å². The van der Waals surface area contributed by atoms with Gasteiger partial charge in [0.2, 0.25) is 0 Å². The van der Waals surface area contributed by atoms with Crippen molar-refractivity contribution in [2.45, 2.75) is 13.5 Å². The Morgan fingerprint density at radius 2 is 2.20 bits per heavy atom. The molecule has 0 spiro atoms. The summed E-state index contributed by atoms with van der Waals surface area (Å²) in [6, 6.07) is 7.44. The number of hydrogen-bond acceptors (Lipinski definition) is 2. The van der Waals surface area contributed by atoms with Crippen molar-refractivity contribution in [3.63, 3.8) is 0 Å². The number of hydrogen-bond donors (Lipinski definition) is 1. The van der Waals surface area contributed by atoms with Crippen molar-refractivity contribution in [3.05, 3.63) is 46.7 Å². The first-order chi connectivity index (χ1) is 7.16. The number of halogens is 1. The van der Waals surface area contributed by atoms with Gasteiger partial charge in [0.15, 0.2) is 0 Å². The molecule has 78 valence electrons. The summed E-state index contributed by atoms with van der Waals surface area (Å²) < 4.78 is 1.89. The van der Waals surface area contributed by atoms with Crippen molar-refractivity contribution >= 4 is 17.3 Å². The van der Waals surface area contributed by atoms with E-state index < -0.39 is 0 Å². The van der Waals surface area contributed by atoms with Gasteiger partial charge >= 0.3 is 0 Å². The van der Waals surface area contributed by atoms with Crippen LogP contribution in [0.15, 0.2) is 30.5 Å². The van der Waals surface area contributed by atoms with Gasteiger partial charge < -0.3 is 5.73 Å². The summed E-state index contributed by atoms with van der Waals surface area (Å²) in [5, 5.41) is 4.92. The Hall–Kier alpha value is -1.48. The van der Waals surface area contributed by atoms with Crippen LogP contribution in [-0.4, -0.2) is 9.78 Å². The van der Waals surface area contributed by atoms with Gasteiger partial charge in [-0.3, -0.25) is 4.68 Å². The summed E-state index contributed by atoms with van der Waals surface area (Å²) in [7, 11) is 0. The number of benzene rings is 1. The minimum absolute atomic E-state index is 0.655. The maximum atomic E-state index is 6.07. The Balaban J connectivity index is 2.32. The summed E-state index contributed by atoms with van der Waals surface area (Å²) >= 11 is 6.07. The van der Waals surface area contributed by atoms with Gasteiger partial charge in [-0.1, -0.05) is 11.6 Å². The number of nitrogen functional groups attached to an aromatic ring is 1. The molecule has 0 saturated carbocycles. The molecule has 0 fully saturated rings. The van der Waals surface area contributed by atoms with Crippen molar-refractivity contribution in [2.24, 2.45) is 0 Å². The molecular weight excluding hydrogens is 210 g/mol. The molecule has 0 unspecified atom stereocenters. The molecule has 0 aliphatic carbocycles. The van der Waals surface area contributed by atoms with Crippen LogP contribution in [0.25, 0.3) is 0 Å². The average molecular weight is 222 g/mol. The van der Waals surface area contributed by atoms with E-state index >= 15 is 0 Å². The lowest BCUT2D eigenvalue weighted by molar-refractivity contribution is 0.665. The maximum absolute atomic E-state index is 6.07. The number of aryl methyl sites for hydroxylation is 1. The van der Waals surface area contributed by atoms with E-state index in [2.05, 4.69) is 5.10 Å². The normalized spacial score (nSPS) is 10.5. The largest absolute Gasteiger partial charge is 0.399 e. The molecule has 1 heterocycles. The average Bonchev–Trinajstić information content (AvgIpc) is 2.58. The topological polar surface area (TPSA) is 43.8 Å². The lowest BCUT2D eigenvalue weighted by atomic mass is 10.2. The first-order valence-electron chi connectivity index (χ1n) is 4.69. The molecule has 3 nitrogen and oxygen atoms in total. The van der Waals surface area contributed by atoms with E-state index in [1.807, 2.05) is 29.8 Å². The van der Waals surface area contributed by atoms with Crippen molar-refractivity contribution < 1.29 is 0 Å². The summed E-state index contributed by atoms with van der Waals surface area (Å²) in [6.07, 6.45) is 1.77. The molecule has 1 aromatic heterocycles. The second-order valence-electron chi connectivity index (χ2n) is 3.48. The fourth-order valence-electron chi connectivity index (χ4n) is 1.44. The zero-order valence-corrected chi connectivity index (χ0v) is 9.20. The van der Waals surface area contributed by atoms with Gasteiger partial charge in [-0.25, -0.2) is 0 Å². The van der Waals surface area contributed by atoms with Gasteiger partial charge in [-0.2, -0.15) is 5.10 Å². The Labute approximate surface area is 93.5 Å². The third kappa shape index (κ3) is 2.13. The van der Waals surface area contributed by atoms with Crippen LogP contribution in [0.5, 0.6) is 0 Å². The molecule has 4 heteroatoms. The molecule has 15 heavy (non-hydrogen) atoms. The highest BCUT2D eigenvalue weighted by atomic mass is 35.5. The Morgan fingerprint density at radius 1 is 1.40 bits per heavy atom. The lowest BCUT2D eigenvalue weighted by Gasteiger charge is -2.07. The second-order valence-corrected chi connectivity index (χ2v) is 3.89. The molecular formula is C11H12ClN3. The SMILES string of the molecule is Cc1ccnn1Cc1cc(N)ccc1Cl. The number of rotatable bonds is 2. The molecule has 0 aliphatic heterocycles. The summed E-state index contributed by atoms with van der Waals surface area (Å²) in [6.45, 7) is 2.66. The third-order valence-corrected chi connectivity index (χ3v) is 2.69. The van der Waals surface area contributed by atoms with Crippen molar-refractivity contribution in [1.29, 1.82) is 0 Å². The highest BCUT2D eigenvalue weighted by Crippen LogP contribution is 2.20. The molecule has 0 saturated heterocycles. The van der Waals surface area contributed by atoms with E-state index in [1.54, 1.807) is 12.3 Å². The quantitative estimate of drug-likeness (QED) is 0.792. The van der Waals surface area contributed by atoms with Crippen LogP contribution in [0.4, 0.5) is 5.69 Å². The van der Waals surface area contributed by atoms with Gasteiger partial charge in [-0.05, 0) is 36.8 Å². The third-order valence-electron chi connectivity index (χ3n) is 2.32. The van der Waals surface area contributed by atoms with Crippen LogP contribution in [0.3, 0.4) is 0 Å². The summed E-state index contributed by atoms with van der Waals surface area (Å²) in [5.41, 5.74) is 8.52. The van der Waals surface area contributed by atoms with Crippen LogP contribution in [0.2, 0.25) is 5.02 Å². The molecule has 2 aromatic rings. The Bertz CT molecular complexity index is 476. The van der Waals surface area contributed by atoms with Crippen molar-refractivity contribution in [3.8, 4) is 0 Å². The fraction of sp³-hybridized carbons (Fsp3) is 0.182. The van der Waals surface area contributed by atoms with E-state index in [-0.39, 0.29) is 0 Å². The number of nitrogens with two attached hydrogens (primary N) is 1. The van der Waals surface area contributed by atoms with Crippen LogP contribution in [0.1, 0.15) is 11.3 Å². The minimum atomic E-state index is 0.655. The summed E-state index contributed by atoms with van der Waals surface area (Å²) in [5.74, 6) is 0. The maximum Gasteiger partial charge on any atom is 0.0677 e. The molecule has 0 bridgehead atoms. The molecule has 0 amide bonds. The molecule has 2 rings (SSSR count). The van der Waals surface area contributed by atoms with Crippen LogP contribution in [0, 0.1) is 6.92 Å². The molecule has 0 aliphatic rings. The minimum Gasteiger partial charge on any atom is -0.399 e. The Morgan fingerprint density at radius 3 is 2.87 bits per heavy atom. The fourth-order valence-corrected chi connectivity index (χ4v) is 1.62. The van der Waals surface area contributed by atoms with E-state index in [0.29, 0.717) is 6.54 Å². The zero-order chi connectivity index (χ0) is 10.8. The van der Waals surface area contributed by atoms with Gasteiger partial charge in [-0.15, -0.1) is 0 Å². The number of nitrogens with zero attached hydrogens (tertiary/aromatic N) is 2. The predicted molar refractivity (Wildman–Crippen MR) is 61.9 cm³/mol. The van der Waals surface area contributed by atoms with Crippen LogP contribution in [-0.2, 0) is 6.54 Å². The highest BCUT2D eigenvalue weighted by Gasteiger charge is 2.03. The van der Waals surface area contributed by atoms with Crippen LogP contribution < -0.4 is 5.73 Å². The standard InChI is InChI=1S/C11H12ClN3/c1-8-4-5-14-15(8)7-9-6-10(13)2-3-11(9)12/h2-6H,7,13H2,1H3. The van der Waals surface area contributed by atoms with Gasteiger partial charge in [0.05, 0.1) is 6.54 Å². The second kappa shape index (κ2) is 3.95. The first kappa shape index (κ1) is 10.1. The van der Waals surface area contributed by atoms with E-state index in [9.17, 15) is 0 Å². The zero-order valence-electron chi connectivity index (χ0n) is 8.44. The van der Waals surface area contributed by atoms with E-state index in [4.69, 9.17) is 17.3 Å². The van der Waals surface area contributed by atoms with Gasteiger partial charge in [0, 0.05) is 22.6 Å². The highest BCUT2D eigenvalue weighted by molar-refractivity contribution is 6.31. The first-order valence-corrected chi connectivity index (χ1v) is 5.07. The van der Waals surface area contributed by atoms with E-state index in [1.165, 1.54) is 0 Å². The van der Waals surface area contributed by atoms with Crippen LogP contribution >= 0.6 is 11.6 Å². The number of aromatic nitrogens is 2. The molecule has 0 atom stereocenters. The Kier molecular flexibility index (Phi) is 2.64. The predicted octanol–water partition coefficient (Wildman–Crippen LogP) is 2.48. The van der Waals surface area contributed by atoms with Gasteiger partial charge in [0.25, 0.3) is 0 Å². The van der Waals surface area contributed by atoms with E-state index in [0.717, 1.165) is 22.0 Å². The molecule has 1 aromatic carbocycles. The lowest BCUT2D eigenvalue weighted by Crippen LogP contribution is -2.04. The monoisotopic (exact) mass is 221 g/mol. The summed E-state index contributed by atoms with van der Waals surface area (Å²) in [4.78, 5) is 0. The number of anilines is 1. The van der Waals surface area contributed by atoms with Crippen molar-refractivity contribution in [2.75, 3.05) is 5.73 Å². The smallest absolute Gasteiger partial charge is 0.0677 e. The molecule has 2 N–H and O–H groups in total.